The van der Waals surface area contributed by atoms with Crippen LogP contribution in [0.1, 0.15) is 16.7 Å². The van der Waals surface area contributed by atoms with Crippen molar-refractivity contribution in [2.24, 2.45) is 0 Å². The molecule has 0 fully saturated rings. The maximum atomic E-state index is 12.3. The second-order valence-electron chi connectivity index (χ2n) is 5.24. The molecule has 0 spiro atoms. The Morgan fingerprint density at radius 1 is 1.09 bits per heavy atom. The lowest BCUT2D eigenvalue weighted by atomic mass is 10.2. The topological polar surface area (TPSA) is 72.5 Å². The number of ether oxygens (including phenoxy) is 1. The largest absolute Gasteiger partial charge is 0.460 e. The first-order valence-electron chi connectivity index (χ1n) is 7.15. The second-order valence-corrected chi connectivity index (χ2v) is 6.98. The summed E-state index contributed by atoms with van der Waals surface area (Å²) in [6, 6.07) is 14.3. The number of nitrogens with one attached hydrogen (secondary N) is 1. The van der Waals surface area contributed by atoms with Crippen LogP contribution in [0.2, 0.25) is 0 Å². The van der Waals surface area contributed by atoms with Crippen LogP contribution in [0, 0.1) is 13.8 Å². The van der Waals surface area contributed by atoms with E-state index in [-0.39, 0.29) is 11.5 Å². The molecule has 0 saturated carbocycles. The molecule has 0 saturated heterocycles. The van der Waals surface area contributed by atoms with Gasteiger partial charge in [0.2, 0.25) is 10.0 Å². The third-order valence-corrected chi connectivity index (χ3v) is 4.83. The summed E-state index contributed by atoms with van der Waals surface area (Å²) in [6.45, 7) is 3.24. The highest BCUT2D eigenvalue weighted by Crippen LogP contribution is 2.16. The molecule has 0 amide bonds. The summed E-state index contributed by atoms with van der Waals surface area (Å²) in [5.74, 6) is -0.622. The standard InChI is InChI=1S/C17H19NO4S/c1-13-8-9-14(2)16(10-13)23(20,21)18-11-17(19)22-12-15-6-4-3-5-7-15/h3-10,18H,11-12H2,1-2H3. The molecule has 0 unspecified atom stereocenters. The predicted octanol–water partition coefficient (Wildman–Crippen LogP) is 2.33. The molecule has 0 aliphatic heterocycles. The molecule has 2 aromatic rings. The minimum Gasteiger partial charge on any atom is -0.460 e. The van der Waals surface area contributed by atoms with Gasteiger partial charge in [-0.05, 0) is 36.6 Å². The molecule has 2 aromatic carbocycles. The molecule has 0 aromatic heterocycles. The van der Waals surface area contributed by atoms with E-state index < -0.39 is 22.5 Å². The van der Waals surface area contributed by atoms with Gasteiger partial charge in [-0.2, -0.15) is 4.72 Å². The Labute approximate surface area is 136 Å². The molecule has 2 rings (SSSR count). The average molecular weight is 333 g/mol. The van der Waals surface area contributed by atoms with E-state index in [1.165, 1.54) is 0 Å². The molecule has 23 heavy (non-hydrogen) atoms. The summed E-state index contributed by atoms with van der Waals surface area (Å²) in [5, 5.41) is 0. The number of sulfonamides is 1. The van der Waals surface area contributed by atoms with Crippen molar-refractivity contribution in [3.8, 4) is 0 Å². The lowest BCUT2D eigenvalue weighted by Crippen LogP contribution is -2.31. The molecule has 5 nitrogen and oxygen atoms in total. The highest BCUT2D eigenvalue weighted by Gasteiger charge is 2.18. The Bertz CT molecular complexity index is 785. The summed E-state index contributed by atoms with van der Waals surface area (Å²) in [4.78, 5) is 11.9. The van der Waals surface area contributed by atoms with Crippen LogP contribution in [-0.4, -0.2) is 20.9 Å². The number of carbonyl (C=O) groups is 1. The minimum atomic E-state index is -3.74. The van der Waals surface area contributed by atoms with Gasteiger partial charge in [-0.1, -0.05) is 42.5 Å². The molecule has 0 aliphatic rings. The summed E-state index contributed by atoms with van der Waals surface area (Å²) in [5.41, 5.74) is 2.31. The van der Waals surface area contributed by atoms with Crippen molar-refractivity contribution in [3.63, 3.8) is 0 Å². The van der Waals surface area contributed by atoms with Gasteiger partial charge in [0.25, 0.3) is 0 Å². The van der Waals surface area contributed by atoms with Crippen LogP contribution >= 0.6 is 0 Å². The van der Waals surface area contributed by atoms with Crippen LogP contribution in [0.4, 0.5) is 0 Å². The molecule has 0 aliphatic carbocycles. The van der Waals surface area contributed by atoms with Crippen molar-refractivity contribution < 1.29 is 17.9 Å². The molecule has 0 bridgehead atoms. The maximum Gasteiger partial charge on any atom is 0.321 e. The second kappa shape index (κ2) is 7.39. The van der Waals surface area contributed by atoms with Gasteiger partial charge in [-0.25, -0.2) is 8.42 Å². The Balaban J connectivity index is 1.94. The van der Waals surface area contributed by atoms with Crippen LogP contribution in [0.15, 0.2) is 53.4 Å². The fourth-order valence-electron chi connectivity index (χ4n) is 2.02. The van der Waals surface area contributed by atoms with E-state index in [9.17, 15) is 13.2 Å². The van der Waals surface area contributed by atoms with Crippen molar-refractivity contribution in [2.75, 3.05) is 6.54 Å². The summed E-state index contributed by atoms with van der Waals surface area (Å²) in [6.07, 6.45) is 0. The van der Waals surface area contributed by atoms with Gasteiger partial charge in [0.15, 0.2) is 0 Å². The fraction of sp³-hybridized carbons (Fsp3) is 0.235. The zero-order valence-corrected chi connectivity index (χ0v) is 13.9. The molecule has 0 radical (unpaired) electrons. The number of carbonyl (C=O) groups excluding carboxylic acids is 1. The molecular weight excluding hydrogens is 314 g/mol. The minimum absolute atomic E-state index is 0.116. The molecule has 0 heterocycles. The van der Waals surface area contributed by atoms with E-state index in [2.05, 4.69) is 4.72 Å². The van der Waals surface area contributed by atoms with Crippen molar-refractivity contribution in [1.29, 1.82) is 0 Å². The molecule has 1 N–H and O–H groups in total. The SMILES string of the molecule is Cc1ccc(C)c(S(=O)(=O)NCC(=O)OCc2ccccc2)c1. The summed E-state index contributed by atoms with van der Waals surface area (Å²) in [7, 11) is -3.74. The molecule has 6 heteroatoms. The van der Waals surface area contributed by atoms with Gasteiger partial charge >= 0.3 is 5.97 Å². The highest BCUT2D eigenvalue weighted by atomic mass is 32.2. The van der Waals surface area contributed by atoms with Crippen LogP contribution in [-0.2, 0) is 26.2 Å². The van der Waals surface area contributed by atoms with Crippen molar-refractivity contribution in [2.45, 2.75) is 25.3 Å². The Kier molecular flexibility index (Phi) is 5.52. The van der Waals surface area contributed by atoms with E-state index in [0.29, 0.717) is 5.56 Å². The monoisotopic (exact) mass is 333 g/mol. The van der Waals surface area contributed by atoms with E-state index in [1.807, 2.05) is 43.3 Å². The summed E-state index contributed by atoms with van der Waals surface area (Å²) < 4.78 is 31.9. The Morgan fingerprint density at radius 2 is 1.78 bits per heavy atom. The average Bonchev–Trinajstić information content (AvgIpc) is 2.54. The number of benzene rings is 2. The predicted molar refractivity (Wildman–Crippen MR) is 87.3 cm³/mol. The van der Waals surface area contributed by atoms with E-state index in [4.69, 9.17) is 4.74 Å². The number of hydrogen-bond acceptors (Lipinski definition) is 4. The highest BCUT2D eigenvalue weighted by molar-refractivity contribution is 7.89. The quantitative estimate of drug-likeness (QED) is 0.824. The van der Waals surface area contributed by atoms with Gasteiger partial charge in [0.1, 0.15) is 13.2 Å². The fourth-order valence-corrected chi connectivity index (χ4v) is 3.31. The van der Waals surface area contributed by atoms with E-state index >= 15 is 0 Å². The number of aryl methyl sites for hydroxylation is 2. The Morgan fingerprint density at radius 3 is 2.48 bits per heavy atom. The van der Waals surface area contributed by atoms with Crippen molar-refractivity contribution in [3.05, 3.63) is 65.2 Å². The third kappa shape index (κ3) is 4.91. The van der Waals surface area contributed by atoms with Gasteiger partial charge in [-0.3, -0.25) is 4.79 Å². The van der Waals surface area contributed by atoms with Gasteiger partial charge in [0.05, 0.1) is 4.90 Å². The first-order chi connectivity index (χ1) is 10.9. The first kappa shape index (κ1) is 17.2. The van der Waals surface area contributed by atoms with Gasteiger partial charge < -0.3 is 4.74 Å². The van der Waals surface area contributed by atoms with Crippen LogP contribution in [0.5, 0.6) is 0 Å². The molecule has 0 atom stereocenters. The Hall–Kier alpha value is -2.18. The lowest BCUT2D eigenvalue weighted by Gasteiger charge is -2.10. The van der Waals surface area contributed by atoms with Crippen LogP contribution < -0.4 is 4.72 Å². The maximum absolute atomic E-state index is 12.3. The molecule has 122 valence electrons. The zero-order valence-electron chi connectivity index (χ0n) is 13.1. The molecular formula is C17H19NO4S. The normalized spacial score (nSPS) is 11.2. The van der Waals surface area contributed by atoms with Crippen LogP contribution in [0.25, 0.3) is 0 Å². The van der Waals surface area contributed by atoms with E-state index in [1.54, 1.807) is 19.1 Å². The van der Waals surface area contributed by atoms with E-state index in [0.717, 1.165) is 11.1 Å². The first-order valence-corrected chi connectivity index (χ1v) is 8.63. The number of esters is 1. The zero-order chi connectivity index (χ0) is 16.9. The van der Waals surface area contributed by atoms with Gasteiger partial charge in [-0.15, -0.1) is 0 Å². The van der Waals surface area contributed by atoms with Gasteiger partial charge in [0, 0.05) is 0 Å². The van der Waals surface area contributed by atoms with Crippen molar-refractivity contribution >= 4 is 16.0 Å². The summed E-state index contributed by atoms with van der Waals surface area (Å²) >= 11 is 0. The number of hydrogen-bond donors (Lipinski definition) is 1. The smallest absolute Gasteiger partial charge is 0.321 e. The number of rotatable bonds is 6. The van der Waals surface area contributed by atoms with Crippen molar-refractivity contribution in [1.82, 2.24) is 4.72 Å². The van der Waals surface area contributed by atoms with Crippen LogP contribution in [0.3, 0.4) is 0 Å². The third-order valence-electron chi connectivity index (χ3n) is 3.28. The lowest BCUT2D eigenvalue weighted by molar-refractivity contribution is -0.143.